The van der Waals surface area contributed by atoms with E-state index in [1.165, 1.54) is 17.0 Å². The maximum Gasteiger partial charge on any atom is 0.318 e. The molecule has 2 saturated heterocycles. The van der Waals surface area contributed by atoms with Crippen molar-refractivity contribution < 1.29 is 22.7 Å². The molecule has 11 heteroatoms. The summed E-state index contributed by atoms with van der Waals surface area (Å²) < 4.78 is 48.0. The average molecular weight is 581 g/mol. The number of ether oxygens (including phenoxy) is 1. The molecule has 8 nitrogen and oxygen atoms in total. The predicted molar refractivity (Wildman–Crippen MR) is 150 cm³/mol. The Bertz CT molecular complexity index is 1430. The molecule has 0 radical (unpaired) electrons. The Kier molecular flexibility index (Phi) is 7.60. The number of likely N-dealkylation sites (N-methyl/N-ethyl adjacent to an activating group) is 1. The predicted octanol–water partition coefficient (Wildman–Crippen LogP) is 3.92. The van der Waals surface area contributed by atoms with Gasteiger partial charge in [0.25, 0.3) is 5.91 Å². The highest BCUT2D eigenvalue weighted by Gasteiger charge is 2.43. The summed E-state index contributed by atoms with van der Waals surface area (Å²) in [6, 6.07) is 4.82. The molecule has 2 aliphatic carbocycles. The highest BCUT2D eigenvalue weighted by Crippen LogP contribution is 2.48. The second kappa shape index (κ2) is 11.2. The molecule has 0 N–H and O–H groups in total. The summed E-state index contributed by atoms with van der Waals surface area (Å²) in [5.41, 5.74) is 3.36. The number of carbonyl (C=O) groups excluding carboxylic acids is 1. The number of fused-ring (bicyclic) bond motifs is 2. The number of anilines is 1. The molecule has 2 atom stereocenters. The first-order valence-corrected chi connectivity index (χ1v) is 14.6. The Morgan fingerprint density at radius 2 is 1.88 bits per heavy atom. The molecule has 1 aromatic carbocycles. The summed E-state index contributed by atoms with van der Waals surface area (Å²) in [6.07, 6.45) is 5.61. The fourth-order valence-electron chi connectivity index (χ4n) is 7.30. The Labute approximate surface area is 243 Å². The van der Waals surface area contributed by atoms with E-state index in [-0.39, 0.29) is 30.4 Å². The van der Waals surface area contributed by atoms with Gasteiger partial charge in [0.1, 0.15) is 12.4 Å². The number of hydrogen-bond acceptors (Lipinski definition) is 7. The van der Waals surface area contributed by atoms with Crippen LogP contribution in [0.4, 0.5) is 19.0 Å². The van der Waals surface area contributed by atoms with Crippen molar-refractivity contribution in [2.75, 3.05) is 44.7 Å². The molecule has 1 amide bonds. The van der Waals surface area contributed by atoms with E-state index in [1.54, 1.807) is 0 Å². The van der Waals surface area contributed by atoms with E-state index in [0.717, 1.165) is 48.2 Å². The van der Waals surface area contributed by atoms with Crippen LogP contribution < -0.4 is 9.64 Å². The van der Waals surface area contributed by atoms with Gasteiger partial charge in [0.05, 0.1) is 24.2 Å². The summed E-state index contributed by atoms with van der Waals surface area (Å²) in [6.45, 7) is 5.58. The van der Waals surface area contributed by atoms with Crippen LogP contribution in [-0.2, 0) is 30.5 Å². The number of likely N-dealkylation sites (tertiary alicyclic amines) is 1. The molecule has 6 rings (SSSR count). The third-order valence-corrected chi connectivity index (χ3v) is 9.55. The van der Waals surface area contributed by atoms with Crippen molar-refractivity contribution in [1.82, 2.24) is 19.8 Å². The lowest BCUT2D eigenvalue weighted by Crippen LogP contribution is -2.55. The minimum absolute atomic E-state index is 0.0503. The van der Waals surface area contributed by atoms with Crippen LogP contribution >= 0.6 is 0 Å². The van der Waals surface area contributed by atoms with E-state index < -0.39 is 29.4 Å². The number of amides is 1. The fourth-order valence-corrected chi connectivity index (χ4v) is 7.30. The van der Waals surface area contributed by atoms with Gasteiger partial charge in [-0.15, -0.1) is 0 Å². The summed E-state index contributed by atoms with van der Waals surface area (Å²) in [5, 5.41) is 9.45. The summed E-state index contributed by atoms with van der Waals surface area (Å²) in [5.74, 6) is -2.76. The van der Waals surface area contributed by atoms with Crippen LogP contribution in [0.25, 0.3) is 0 Å². The van der Waals surface area contributed by atoms with Crippen molar-refractivity contribution in [3.63, 3.8) is 0 Å². The first-order valence-electron chi connectivity index (χ1n) is 14.6. The van der Waals surface area contributed by atoms with Gasteiger partial charge >= 0.3 is 6.01 Å². The third kappa shape index (κ3) is 5.33. The van der Waals surface area contributed by atoms with Crippen molar-refractivity contribution in [3.8, 4) is 12.1 Å². The van der Waals surface area contributed by atoms with Crippen molar-refractivity contribution >= 4 is 11.7 Å². The zero-order valence-corrected chi connectivity index (χ0v) is 23.8. The average Bonchev–Trinajstić information content (AvgIpc) is 3.52. The van der Waals surface area contributed by atoms with Crippen LogP contribution in [0.15, 0.2) is 24.5 Å². The number of carbonyl (C=O) groups is 1. The lowest BCUT2D eigenvalue weighted by Gasteiger charge is -2.42. The van der Waals surface area contributed by atoms with Gasteiger partial charge in [-0.2, -0.15) is 15.2 Å². The third-order valence-electron chi connectivity index (χ3n) is 9.55. The Morgan fingerprint density at radius 3 is 2.52 bits per heavy atom. The summed E-state index contributed by atoms with van der Waals surface area (Å²) in [7, 11) is 2.08. The van der Waals surface area contributed by atoms with Crippen LogP contribution in [0.5, 0.6) is 6.01 Å². The molecule has 2 aliphatic heterocycles. The molecular weight excluding hydrogens is 545 g/mol. The zero-order chi connectivity index (χ0) is 29.6. The lowest BCUT2D eigenvalue weighted by atomic mass is 9.71. The summed E-state index contributed by atoms with van der Waals surface area (Å²) in [4.78, 5) is 27.9. The number of halogens is 3. The van der Waals surface area contributed by atoms with Crippen molar-refractivity contribution in [2.45, 2.75) is 63.5 Å². The van der Waals surface area contributed by atoms with Gasteiger partial charge in [-0.3, -0.25) is 4.79 Å². The van der Waals surface area contributed by atoms with E-state index in [2.05, 4.69) is 24.6 Å². The van der Waals surface area contributed by atoms with Gasteiger partial charge < -0.3 is 19.4 Å². The van der Waals surface area contributed by atoms with Crippen LogP contribution in [0.1, 0.15) is 48.1 Å². The van der Waals surface area contributed by atoms with E-state index in [1.807, 2.05) is 4.90 Å². The lowest BCUT2D eigenvalue weighted by molar-refractivity contribution is -0.131. The normalized spacial score (nSPS) is 23.0. The highest BCUT2D eigenvalue weighted by atomic mass is 19.2. The second-order valence-electron chi connectivity index (χ2n) is 12.3. The number of aromatic nitrogens is 2. The number of nitrogens with zero attached hydrogens (tertiary/aromatic N) is 6. The molecule has 1 spiro atoms. The van der Waals surface area contributed by atoms with E-state index in [0.29, 0.717) is 51.2 Å². The first kappa shape index (κ1) is 28.5. The van der Waals surface area contributed by atoms with Gasteiger partial charge in [-0.1, -0.05) is 6.58 Å². The topological polar surface area (TPSA) is 85.6 Å². The van der Waals surface area contributed by atoms with E-state index >= 15 is 0 Å². The highest BCUT2D eigenvalue weighted by molar-refractivity contribution is 5.91. The Balaban J connectivity index is 1.31. The molecular formula is C31H35F3N6O2. The van der Waals surface area contributed by atoms with Crippen molar-refractivity contribution in [1.29, 1.82) is 5.26 Å². The fraction of sp³-hybridized carbons (Fsp3) is 0.548. The zero-order valence-electron chi connectivity index (χ0n) is 23.8. The number of piperazine rings is 1. The Hall–Kier alpha value is -3.65. The number of rotatable bonds is 6. The maximum absolute atomic E-state index is 14.0. The number of nitriles is 1. The van der Waals surface area contributed by atoms with Crippen LogP contribution in [0.2, 0.25) is 0 Å². The molecule has 4 aliphatic rings. The van der Waals surface area contributed by atoms with Gasteiger partial charge in [-0.05, 0) is 87.2 Å². The maximum atomic E-state index is 14.0. The minimum atomic E-state index is -1.04. The van der Waals surface area contributed by atoms with E-state index in [4.69, 9.17) is 14.7 Å². The smallest absolute Gasteiger partial charge is 0.318 e. The minimum Gasteiger partial charge on any atom is -0.462 e. The molecule has 3 heterocycles. The van der Waals surface area contributed by atoms with Crippen molar-refractivity contribution in [2.24, 2.45) is 5.41 Å². The molecule has 2 unspecified atom stereocenters. The van der Waals surface area contributed by atoms with Gasteiger partial charge in [0.2, 0.25) is 0 Å². The molecule has 0 bridgehead atoms. The Morgan fingerprint density at radius 1 is 1.14 bits per heavy atom. The van der Waals surface area contributed by atoms with Crippen LogP contribution in [0, 0.1) is 28.4 Å². The van der Waals surface area contributed by atoms with Gasteiger partial charge in [-0.25, -0.2) is 13.2 Å². The second-order valence-corrected chi connectivity index (χ2v) is 12.3. The monoisotopic (exact) mass is 580 g/mol. The van der Waals surface area contributed by atoms with Gasteiger partial charge in [0.15, 0.2) is 17.5 Å². The number of hydrogen-bond donors (Lipinski definition) is 0. The van der Waals surface area contributed by atoms with Crippen molar-refractivity contribution in [3.05, 3.63) is 58.6 Å². The molecule has 0 saturated carbocycles. The molecule has 2 fully saturated rings. The first-order chi connectivity index (χ1) is 20.2. The standard InChI is InChI=1S/C31H35F3N6O2/c1-19(32)29(41)40-11-10-39(17-22(40)6-8-35)28-24-5-7-31(14-20-12-25(33)26(34)13-21(20)15-31)16-27(24)36-30(37-28)42-18-23-4-3-9-38(23)2/h12-13,22-23H,1,3-7,9-11,14-18H2,2H3. The van der Waals surface area contributed by atoms with E-state index in [9.17, 15) is 23.2 Å². The molecule has 2 aromatic rings. The van der Waals surface area contributed by atoms with Crippen LogP contribution in [0.3, 0.4) is 0 Å². The molecule has 1 aromatic heterocycles. The molecule has 222 valence electrons. The van der Waals surface area contributed by atoms with Crippen LogP contribution in [-0.4, -0.2) is 77.6 Å². The largest absolute Gasteiger partial charge is 0.462 e. The molecule has 42 heavy (non-hydrogen) atoms. The SMILES string of the molecule is C=C(F)C(=O)N1CCN(c2nc(OCC3CCCN3C)nc3c2CCC2(Cc4cc(F)c(F)cc4C2)C3)CC1CC#N. The number of benzene rings is 1. The summed E-state index contributed by atoms with van der Waals surface area (Å²) >= 11 is 0. The quantitative estimate of drug-likeness (QED) is 0.479. The van der Waals surface area contributed by atoms with Gasteiger partial charge in [0, 0.05) is 31.2 Å².